The van der Waals surface area contributed by atoms with Crippen molar-refractivity contribution in [2.24, 2.45) is 5.92 Å². The molecule has 1 aromatic carbocycles. The number of ether oxygens (including phenoxy) is 1. The van der Waals surface area contributed by atoms with Gasteiger partial charge in [0.2, 0.25) is 5.92 Å². The standard InChI is InChI=1S/C22H23F5N2O2/c1-13-16(4-3-5-18(13)31-2)20(30)29-12-15-8-9-21(23,24)10-17(15)14-6-7-19(28-11-14)22(25,26)27/h3-7,11,15,17H,8-10,12H2,1-2H3,(H,29,30). The van der Waals surface area contributed by atoms with Crippen LogP contribution in [0.25, 0.3) is 0 Å². The van der Waals surface area contributed by atoms with Crippen molar-refractivity contribution >= 4 is 5.91 Å². The van der Waals surface area contributed by atoms with Gasteiger partial charge in [0.15, 0.2) is 0 Å². The normalized spacial score (nSPS) is 20.9. The molecule has 0 spiro atoms. The zero-order valence-electron chi connectivity index (χ0n) is 17.1. The number of nitrogens with zero attached hydrogens (tertiary/aromatic N) is 1. The molecule has 0 bridgehead atoms. The molecule has 1 saturated carbocycles. The van der Waals surface area contributed by atoms with Crippen molar-refractivity contribution in [1.82, 2.24) is 10.3 Å². The summed E-state index contributed by atoms with van der Waals surface area (Å²) in [5.74, 6) is -3.80. The van der Waals surface area contributed by atoms with Gasteiger partial charge >= 0.3 is 6.18 Å². The van der Waals surface area contributed by atoms with Crippen LogP contribution in [0.4, 0.5) is 22.0 Å². The lowest BCUT2D eigenvalue weighted by Crippen LogP contribution is -2.38. The zero-order valence-corrected chi connectivity index (χ0v) is 17.1. The first-order valence-corrected chi connectivity index (χ1v) is 9.84. The van der Waals surface area contributed by atoms with E-state index >= 15 is 0 Å². The Morgan fingerprint density at radius 1 is 1.26 bits per heavy atom. The maximum Gasteiger partial charge on any atom is 0.433 e. The van der Waals surface area contributed by atoms with Crippen LogP contribution < -0.4 is 10.1 Å². The summed E-state index contributed by atoms with van der Waals surface area (Å²) in [6, 6.07) is 7.04. The topological polar surface area (TPSA) is 51.2 Å². The fourth-order valence-corrected chi connectivity index (χ4v) is 4.02. The quantitative estimate of drug-likeness (QED) is 0.634. The first kappa shape index (κ1) is 23.0. The van der Waals surface area contributed by atoms with Crippen LogP contribution in [0.5, 0.6) is 5.75 Å². The molecule has 1 N–H and O–H groups in total. The second kappa shape index (κ2) is 8.80. The smallest absolute Gasteiger partial charge is 0.433 e. The number of alkyl halides is 5. The number of pyridine rings is 1. The third kappa shape index (κ3) is 5.32. The highest BCUT2D eigenvalue weighted by atomic mass is 19.4. The van der Waals surface area contributed by atoms with Crippen LogP contribution in [0.2, 0.25) is 0 Å². The molecule has 1 amide bonds. The van der Waals surface area contributed by atoms with Crippen LogP contribution in [0.3, 0.4) is 0 Å². The van der Waals surface area contributed by atoms with Gasteiger partial charge in [-0.15, -0.1) is 0 Å². The highest BCUT2D eigenvalue weighted by Gasteiger charge is 2.42. The minimum absolute atomic E-state index is 0.122. The van der Waals surface area contributed by atoms with Crippen molar-refractivity contribution in [2.45, 2.75) is 44.2 Å². The van der Waals surface area contributed by atoms with Gasteiger partial charge in [-0.05, 0) is 48.9 Å². The Balaban J connectivity index is 1.76. The van der Waals surface area contributed by atoms with Gasteiger partial charge in [-0.2, -0.15) is 13.2 Å². The molecule has 1 aliphatic carbocycles. The lowest BCUT2D eigenvalue weighted by atomic mass is 9.74. The number of carbonyl (C=O) groups is 1. The maximum atomic E-state index is 14.1. The summed E-state index contributed by atoms with van der Waals surface area (Å²) in [5.41, 5.74) is 0.302. The third-order valence-electron chi connectivity index (χ3n) is 5.75. The van der Waals surface area contributed by atoms with E-state index in [9.17, 15) is 26.7 Å². The average Bonchev–Trinajstić information content (AvgIpc) is 2.72. The van der Waals surface area contributed by atoms with Gasteiger partial charge in [0.05, 0.1) is 7.11 Å². The number of rotatable bonds is 5. The molecule has 0 radical (unpaired) electrons. The fraction of sp³-hybridized carbons (Fsp3) is 0.455. The molecule has 0 aliphatic heterocycles. The van der Waals surface area contributed by atoms with Crippen molar-refractivity contribution in [3.8, 4) is 5.75 Å². The van der Waals surface area contributed by atoms with E-state index in [4.69, 9.17) is 4.74 Å². The maximum absolute atomic E-state index is 14.1. The molecular formula is C22H23F5N2O2. The summed E-state index contributed by atoms with van der Waals surface area (Å²) in [6.45, 7) is 1.86. The van der Waals surface area contributed by atoms with Crippen molar-refractivity contribution < 1.29 is 31.5 Å². The summed E-state index contributed by atoms with van der Waals surface area (Å²) in [5, 5.41) is 2.78. The molecule has 1 fully saturated rings. The number of methoxy groups -OCH3 is 1. The lowest BCUT2D eigenvalue weighted by Gasteiger charge is -2.36. The SMILES string of the molecule is COc1cccc(C(=O)NCC2CCC(F)(F)CC2c2ccc(C(F)(F)F)nc2)c1C. The Hall–Kier alpha value is -2.71. The highest BCUT2D eigenvalue weighted by Crippen LogP contribution is 2.45. The van der Waals surface area contributed by atoms with Crippen molar-refractivity contribution in [2.75, 3.05) is 13.7 Å². The number of amides is 1. The molecule has 2 aromatic rings. The third-order valence-corrected chi connectivity index (χ3v) is 5.75. The predicted octanol–water partition coefficient (Wildman–Crippen LogP) is 5.37. The largest absolute Gasteiger partial charge is 0.496 e. The van der Waals surface area contributed by atoms with E-state index in [-0.39, 0.29) is 31.2 Å². The van der Waals surface area contributed by atoms with Gasteiger partial charge < -0.3 is 10.1 Å². The number of nitrogens with one attached hydrogen (secondary N) is 1. The fourth-order valence-electron chi connectivity index (χ4n) is 4.02. The molecule has 2 atom stereocenters. The minimum atomic E-state index is -4.60. The average molecular weight is 442 g/mol. The van der Waals surface area contributed by atoms with E-state index in [1.54, 1.807) is 25.1 Å². The second-order valence-electron chi connectivity index (χ2n) is 7.78. The summed E-state index contributed by atoms with van der Waals surface area (Å²) < 4.78 is 71.7. The van der Waals surface area contributed by atoms with Crippen molar-refractivity contribution in [1.29, 1.82) is 0 Å². The van der Waals surface area contributed by atoms with E-state index < -0.39 is 30.1 Å². The number of hydrogen-bond donors (Lipinski definition) is 1. The van der Waals surface area contributed by atoms with Gasteiger partial charge in [-0.3, -0.25) is 9.78 Å². The Morgan fingerprint density at radius 2 is 2.00 bits per heavy atom. The first-order valence-electron chi connectivity index (χ1n) is 9.84. The summed E-state index contributed by atoms with van der Waals surface area (Å²) in [7, 11) is 1.49. The van der Waals surface area contributed by atoms with E-state index in [1.165, 1.54) is 13.2 Å². The number of carbonyl (C=O) groups excluding carboxylic acids is 1. The molecule has 9 heteroatoms. The number of halogens is 5. The van der Waals surface area contributed by atoms with Gasteiger partial charge in [0, 0.05) is 36.7 Å². The predicted molar refractivity (Wildman–Crippen MR) is 104 cm³/mol. The minimum Gasteiger partial charge on any atom is -0.496 e. The van der Waals surface area contributed by atoms with Gasteiger partial charge in [0.1, 0.15) is 11.4 Å². The number of hydrogen-bond acceptors (Lipinski definition) is 3. The Morgan fingerprint density at radius 3 is 2.61 bits per heavy atom. The molecule has 1 aliphatic rings. The van der Waals surface area contributed by atoms with Crippen molar-refractivity contribution in [3.63, 3.8) is 0 Å². The first-order chi connectivity index (χ1) is 14.5. The van der Waals surface area contributed by atoms with E-state index in [0.29, 0.717) is 22.4 Å². The molecule has 2 unspecified atom stereocenters. The molecule has 1 aromatic heterocycles. The summed E-state index contributed by atoms with van der Waals surface area (Å²) >= 11 is 0. The lowest BCUT2D eigenvalue weighted by molar-refractivity contribution is -0.141. The van der Waals surface area contributed by atoms with Gasteiger partial charge in [-0.25, -0.2) is 8.78 Å². The molecular weight excluding hydrogens is 419 g/mol. The van der Waals surface area contributed by atoms with Gasteiger partial charge in [0.25, 0.3) is 5.91 Å². The van der Waals surface area contributed by atoms with Crippen LogP contribution in [0, 0.1) is 12.8 Å². The monoisotopic (exact) mass is 442 g/mol. The molecule has 31 heavy (non-hydrogen) atoms. The van der Waals surface area contributed by atoms with E-state index in [2.05, 4.69) is 10.3 Å². The summed E-state index contributed by atoms with van der Waals surface area (Å²) in [6.07, 6.45) is -4.29. The zero-order chi connectivity index (χ0) is 22.8. The Bertz CT molecular complexity index is 928. The molecule has 3 rings (SSSR count). The second-order valence-corrected chi connectivity index (χ2v) is 7.78. The Kier molecular flexibility index (Phi) is 6.52. The van der Waals surface area contributed by atoms with Crippen molar-refractivity contribution in [3.05, 3.63) is 58.9 Å². The number of aromatic nitrogens is 1. The molecule has 168 valence electrons. The molecule has 4 nitrogen and oxygen atoms in total. The van der Waals surface area contributed by atoms with Crippen LogP contribution >= 0.6 is 0 Å². The Labute approximate surface area is 176 Å². The summed E-state index contributed by atoms with van der Waals surface area (Å²) in [4.78, 5) is 16.1. The van der Waals surface area contributed by atoms with E-state index in [0.717, 1.165) is 12.3 Å². The molecule has 1 heterocycles. The molecule has 0 saturated heterocycles. The van der Waals surface area contributed by atoms with Crippen LogP contribution in [0.15, 0.2) is 36.5 Å². The van der Waals surface area contributed by atoms with Crippen LogP contribution in [-0.4, -0.2) is 30.5 Å². The number of benzene rings is 1. The van der Waals surface area contributed by atoms with Crippen LogP contribution in [-0.2, 0) is 6.18 Å². The van der Waals surface area contributed by atoms with Crippen LogP contribution in [0.1, 0.15) is 52.4 Å². The van der Waals surface area contributed by atoms with E-state index in [1.807, 2.05) is 0 Å². The van der Waals surface area contributed by atoms with Gasteiger partial charge in [-0.1, -0.05) is 12.1 Å². The highest BCUT2D eigenvalue weighted by molar-refractivity contribution is 5.96.